The molecule has 0 spiro atoms. The molecule has 0 saturated carbocycles. The summed E-state index contributed by atoms with van der Waals surface area (Å²) in [5.74, 6) is 0.00786. The summed E-state index contributed by atoms with van der Waals surface area (Å²) in [6.45, 7) is 3.15. The van der Waals surface area contributed by atoms with Crippen molar-refractivity contribution in [1.29, 1.82) is 0 Å². The maximum Gasteiger partial charge on any atom is 0.414 e. The average Bonchev–Trinajstić information content (AvgIpc) is 3.39. The van der Waals surface area contributed by atoms with Gasteiger partial charge in [-0.15, -0.1) is 4.98 Å². The van der Waals surface area contributed by atoms with Crippen molar-refractivity contribution in [3.05, 3.63) is 64.2 Å². The Hall–Kier alpha value is -5.21. The first-order valence-corrected chi connectivity index (χ1v) is 12.8. The monoisotopic (exact) mass is 564 g/mol. The number of hydrogen-bond donors (Lipinski definition) is 1. The Balaban J connectivity index is 1.14. The lowest BCUT2D eigenvalue weighted by Gasteiger charge is -2.36. The van der Waals surface area contributed by atoms with Crippen LogP contribution in [0, 0.1) is 10.1 Å². The van der Waals surface area contributed by atoms with Crippen LogP contribution in [0.15, 0.2) is 48.5 Å². The van der Waals surface area contributed by atoms with Crippen molar-refractivity contribution in [2.24, 2.45) is 0 Å². The minimum atomic E-state index is -0.564. The van der Waals surface area contributed by atoms with Crippen LogP contribution in [0.25, 0.3) is 0 Å². The van der Waals surface area contributed by atoms with Gasteiger partial charge in [-0.25, -0.2) is 4.79 Å². The molecule has 2 amide bonds. The zero-order valence-corrected chi connectivity index (χ0v) is 22.4. The number of nitrogens with zero attached hydrogens (tertiary/aromatic N) is 7. The number of carbonyl (C=O) groups is 2. The number of carbonyl (C=O) groups excluding carboxylic acids is 2. The van der Waals surface area contributed by atoms with E-state index >= 15 is 0 Å². The molecule has 2 aliphatic rings. The summed E-state index contributed by atoms with van der Waals surface area (Å²) in [5.41, 5.74) is 1.66. The smallest absolute Gasteiger partial charge is 0.414 e. The first-order chi connectivity index (χ1) is 19.8. The van der Waals surface area contributed by atoms with Crippen molar-refractivity contribution < 1.29 is 28.7 Å². The predicted molar refractivity (Wildman–Crippen MR) is 147 cm³/mol. The zero-order valence-electron chi connectivity index (χ0n) is 22.4. The third-order valence-corrected chi connectivity index (χ3v) is 6.72. The Morgan fingerprint density at radius 3 is 2.27 bits per heavy atom. The normalized spacial score (nSPS) is 16.8. The van der Waals surface area contributed by atoms with Gasteiger partial charge in [-0.05, 0) is 30.3 Å². The van der Waals surface area contributed by atoms with Crippen LogP contribution in [-0.2, 0) is 4.74 Å². The van der Waals surface area contributed by atoms with Crippen LogP contribution in [0.3, 0.4) is 0 Å². The summed E-state index contributed by atoms with van der Waals surface area (Å²) >= 11 is 0. The number of cyclic esters (lactones) is 1. The van der Waals surface area contributed by atoms with Crippen molar-refractivity contribution >= 4 is 35.0 Å². The Kier molecular flexibility index (Phi) is 7.94. The van der Waals surface area contributed by atoms with Crippen LogP contribution in [0.4, 0.5) is 27.8 Å². The second-order valence-corrected chi connectivity index (χ2v) is 9.23. The molecule has 1 aromatic heterocycles. The lowest BCUT2D eigenvalue weighted by Crippen LogP contribution is -2.47. The largest absolute Gasteiger partial charge is 0.467 e. The van der Waals surface area contributed by atoms with Crippen LogP contribution in [0.5, 0.6) is 12.0 Å². The second kappa shape index (κ2) is 11.9. The van der Waals surface area contributed by atoms with Gasteiger partial charge in [0, 0.05) is 55.2 Å². The predicted octanol–water partition coefficient (Wildman–Crippen LogP) is 1.88. The number of benzene rings is 2. The van der Waals surface area contributed by atoms with E-state index in [1.54, 1.807) is 0 Å². The SMILES string of the molecule is COc1nc(OC)nc(N2CCN(c3ccc(N4C[C@H](CNC(=O)c5cccc([N+](=O)[O-])c5)OC4=O)cc3)CC2)n1. The van der Waals surface area contributed by atoms with Crippen molar-refractivity contribution in [2.75, 3.05) is 68.2 Å². The molecular formula is C26H28N8O7. The van der Waals surface area contributed by atoms with Gasteiger partial charge < -0.3 is 29.3 Å². The van der Waals surface area contributed by atoms with Gasteiger partial charge >= 0.3 is 18.1 Å². The number of aromatic nitrogens is 3. The minimum absolute atomic E-state index is 0.0745. The van der Waals surface area contributed by atoms with E-state index in [0.717, 1.165) is 18.8 Å². The summed E-state index contributed by atoms with van der Waals surface area (Å²) in [6, 6.07) is 13.4. The summed E-state index contributed by atoms with van der Waals surface area (Å²) in [5, 5.41) is 13.6. The van der Waals surface area contributed by atoms with Gasteiger partial charge in [0.15, 0.2) is 0 Å². The molecule has 41 heavy (non-hydrogen) atoms. The number of anilines is 3. The lowest BCUT2D eigenvalue weighted by molar-refractivity contribution is -0.384. The van der Waals surface area contributed by atoms with Crippen molar-refractivity contribution in [3.8, 4) is 12.0 Å². The molecular weight excluding hydrogens is 536 g/mol. The Morgan fingerprint density at radius 2 is 1.63 bits per heavy atom. The molecule has 2 aliphatic heterocycles. The van der Waals surface area contributed by atoms with E-state index < -0.39 is 23.0 Å². The number of non-ortho nitro benzene ring substituents is 1. The van der Waals surface area contributed by atoms with E-state index in [4.69, 9.17) is 14.2 Å². The van der Waals surface area contributed by atoms with Gasteiger partial charge in [-0.3, -0.25) is 19.8 Å². The fourth-order valence-electron chi connectivity index (χ4n) is 4.57. The number of nitro groups is 1. The fourth-order valence-corrected chi connectivity index (χ4v) is 4.57. The number of hydrogen-bond acceptors (Lipinski definition) is 12. The molecule has 1 atom stereocenters. The third kappa shape index (κ3) is 6.18. The molecule has 3 aromatic rings. The molecule has 1 N–H and O–H groups in total. The first-order valence-electron chi connectivity index (χ1n) is 12.8. The molecule has 0 radical (unpaired) electrons. The summed E-state index contributed by atoms with van der Waals surface area (Å²) in [7, 11) is 2.98. The number of ether oxygens (including phenoxy) is 3. The summed E-state index contributed by atoms with van der Waals surface area (Å²) in [6.07, 6.45) is -1.07. The van der Waals surface area contributed by atoms with Crippen LogP contribution >= 0.6 is 0 Å². The van der Waals surface area contributed by atoms with Gasteiger partial charge in [-0.1, -0.05) is 6.07 Å². The number of piperazine rings is 1. The van der Waals surface area contributed by atoms with E-state index in [1.165, 1.54) is 43.4 Å². The molecule has 2 fully saturated rings. The maximum absolute atomic E-state index is 12.5. The topological polar surface area (TPSA) is 165 Å². The molecule has 214 valence electrons. The highest BCUT2D eigenvalue weighted by Gasteiger charge is 2.33. The standard InChI is InChI=1S/C26H28N8O7/c1-39-24-28-23(29-25(30-24)40-2)32-12-10-31(11-13-32)18-6-8-19(9-7-18)33-16-21(41-26(33)36)15-27-22(35)17-4-3-5-20(14-17)34(37)38/h3-9,14,21H,10-13,15-16H2,1-2H3,(H,27,35)/t21-/m0/s1. The molecule has 0 bridgehead atoms. The van der Waals surface area contributed by atoms with Crippen LogP contribution < -0.4 is 29.5 Å². The van der Waals surface area contributed by atoms with Crippen LogP contribution in [0.2, 0.25) is 0 Å². The quantitative estimate of drug-likeness (QED) is 0.297. The highest BCUT2D eigenvalue weighted by molar-refractivity contribution is 5.95. The van der Waals surface area contributed by atoms with Crippen molar-refractivity contribution in [2.45, 2.75) is 6.10 Å². The van der Waals surface area contributed by atoms with Gasteiger partial charge in [0.1, 0.15) is 6.10 Å². The summed E-state index contributed by atoms with van der Waals surface area (Å²) < 4.78 is 15.7. The first kappa shape index (κ1) is 27.4. The molecule has 3 heterocycles. The second-order valence-electron chi connectivity index (χ2n) is 9.23. The molecule has 2 saturated heterocycles. The highest BCUT2D eigenvalue weighted by Crippen LogP contribution is 2.26. The van der Waals surface area contributed by atoms with Gasteiger partial charge in [0.2, 0.25) is 5.95 Å². The number of methoxy groups -OCH3 is 2. The molecule has 0 aliphatic carbocycles. The molecule has 15 nitrogen and oxygen atoms in total. The van der Waals surface area contributed by atoms with Crippen molar-refractivity contribution in [1.82, 2.24) is 20.3 Å². The van der Waals surface area contributed by atoms with Crippen molar-refractivity contribution in [3.63, 3.8) is 0 Å². The Morgan fingerprint density at radius 1 is 1.00 bits per heavy atom. The lowest BCUT2D eigenvalue weighted by atomic mass is 10.2. The number of amides is 2. The zero-order chi connectivity index (χ0) is 28.9. The van der Waals surface area contributed by atoms with Crippen LogP contribution in [0.1, 0.15) is 10.4 Å². The van der Waals surface area contributed by atoms with E-state index in [9.17, 15) is 19.7 Å². The average molecular weight is 565 g/mol. The van der Waals surface area contributed by atoms with Gasteiger partial charge in [0.25, 0.3) is 11.6 Å². The maximum atomic E-state index is 12.5. The highest BCUT2D eigenvalue weighted by atomic mass is 16.6. The Labute approximate surface area is 234 Å². The van der Waals surface area contributed by atoms with Gasteiger partial charge in [0.05, 0.1) is 32.2 Å². The van der Waals surface area contributed by atoms with E-state index in [0.29, 0.717) is 24.7 Å². The number of rotatable bonds is 9. The Bertz CT molecular complexity index is 1410. The minimum Gasteiger partial charge on any atom is -0.467 e. The molecule has 0 unspecified atom stereocenters. The van der Waals surface area contributed by atoms with Crippen LogP contribution in [-0.4, -0.2) is 91.5 Å². The number of nitrogens with one attached hydrogen (secondary N) is 1. The number of nitro benzene ring substituents is 1. The van der Waals surface area contributed by atoms with Gasteiger partial charge in [-0.2, -0.15) is 9.97 Å². The van der Waals surface area contributed by atoms with E-state index in [2.05, 4.69) is 25.2 Å². The summed E-state index contributed by atoms with van der Waals surface area (Å²) in [4.78, 5) is 53.8. The third-order valence-electron chi connectivity index (χ3n) is 6.72. The van der Waals surface area contributed by atoms with E-state index in [1.807, 2.05) is 29.2 Å². The molecule has 15 heteroatoms. The molecule has 2 aromatic carbocycles. The molecule has 5 rings (SSSR count). The van der Waals surface area contributed by atoms with E-state index in [-0.39, 0.29) is 36.4 Å². The fraction of sp³-hybridized carbons (Fsp3) is 0.346.